The highest BCUT2D eigenvalue weighted by molar-refractivity contribution is 9.10. The molecule has 15 heavy (non-hydrogen) atoms. The Morgan fingerprint density at radius 1 is 1.20 bits per heavy atom. The number of benzene rings is 1. The molecule has 4 heteroatoms. The van der Waals surface area contributed by atoms with E-state index in [2.05, 4.69) is 44.3 Å². The number of halogens is 1. The first kappa shape index (κ1) is 8.85. The van der Waals surface area contributed by atoms with Gasteiger partial charge in [0, 0.05) is 16.1 Å². The lowest BCUT2D eigenvalue weighted by atomic mass is 10.2. The summed E-state index contributed by atoms with van der Waals surface area (Å²) in [4.78, 5) is 0. The third-order valence-electron chi connectivity index (χ3n) is 2.53. The van der Waals surface area contributed by atoms with Crippen LogP contribution in [0.1, 0.15) is 5.82 Å². The molecule has 2 heterocycles. The molecule has 0 unspecified atom stereocenters. The summed E-state index contributed by atoms with van der Waals surface area (Å²) >= 11 is 3.47. The van der Waals surface area contributed by atoms with E-state index in [0.717, 1.165) is 21.3 Å². The van der Waals surface area contributed by atoms with E-state index in [-0.39, 0.29) is 0 Å². The fourth-order valence-corrected chi connectivity index (χ4v) is 2.11. The Bertz CT molecular complexity index is 657. The third kappa shape index (κ3) is 1.25. The highest BCUT2D eigenvalue weighted by Crippen LogP contribution is 2.23. The van der Waals surface area contributed by atoms with Crippen LogP contribution >= 0.6 is 15.9 Å². The Morgan fingerprint density at radius 3 is 2.93 bits per heavy atom. The van der Waals surface area contributed by atoms with Crippen LogP contribution < -0.4 is 0 Å². The van der Waals surface area contributed by atoms with E-state index < -0.39 is 0 Å². The van der Waals surface area contributed by atoms with Gasteiger partial charge < -0.3 is 0 Å². The van der Waals surface area contributed by atoms with Crippen LogP contribution in [0.4, 0.5) is 0 Å². The third-order valence-corrected chi connectivity index (χ3v) is 3.02. The van der Waals surface area contributed by atoms with Gasteiger partial charge in [0.25, 0.3) is 0 Å². The van der Waals surface area contributed by atoms with Crippen LogP contribution in [0.2, 0.25) is 0 Å². The van der Waals surface area contributed by atoms with Gasteiger partial charge in [-0.15, -0.1) is 10.2 Å². The predicted molar refractivity (Wildman–Crippen MR) is 62.9 cm³/mol. The Hall–Kier alpha value is -1.42. The summed E-state index contributed by atoms with van der Waals surface area (Å²) in [5, 5.41) is 10.5. The molecule has 0 radical (unpaired) electrons. The number of aryl methyl sites for hydroxylation is 1. The molecule has 0 spiro atoms. The van der Waals surface area contributed by atoms with Gasteiger partial charge in [-0.05, 0) is 30.5 Å². The van der Waals surface area contributed by atoms with Gasteiger partial charge in [-0.1, -0.05) is 22.0 Å². The van der Waals surface area contributed by atoms with E-state index in [9.17, 15) is 0 Å². The maximum absolute atomic E-state index is 4.18. The predicted octanol–water partition coefficient (Wildman–Crippen LogP) is 2.95. The van der Waals surface area contributed by atoms with Gasteiger partial charge in [-0.25, -0.2) is 0 Å². The smallest absolute Gasteiger partial charge is 0.168 e. The van der Waals surface area contributed by atoms with Crippen molar-refractivity contribution >= 4 is 32.3 Å². The van der Waals surface area contributed by atoms with Crippen LogP contribution in [0.3, 0.4) is 0 Å². The Morgan fingerprint density at radius 2 is 2.07 bits per heavy atom. The normalized spacial score (nSPS) is 11.3. The van der Waals surface area contributed by atoms with Crippen LogP contribution in [0.15, 0.2) is 34.9 Å². The monoisotopic (exact) mass is 261 g/mol. The highest BCUT2D eigenvalue weighted by Gasteiger charge is 2.05. The number of hydrogen-bond donors (Lipinski definition) is 0. The van der Waals surface area contributed by atoms with Crippen LogP contribution in [0.25, 0.3) is 16.4 Å². The summed E-state index contributed by atoms with van der Waals surface area (Å²) in [7, 11) is 0. The zero-order valence-electron chi connectivity index (χ0n) is 8.11. The summed E-state index contributed by atoms with van der Waals surface area (Å²) < 4.78 is 3.05. The van der Waals surface area contributed by atoms with E-state index in [1.165, 1.54) is 5.39 Å². The van der Waals surface area contributed by atoms with Crippen molar-refractivity contribution in [3.63, 3.8) is 0 Å². The van der Waals surface area contributed by atoms with Crippen molar-refractivity contribution in [1.82, 2.24) is 14.6 Å². The van der Waals surface area contributed by atoms with E-state index in [1.54, 1.807) is 0 Å². The Labute approximate surface area is 94.9 Å². The number of fused-ring (bicyclic) bond motifs is 3. The summed E-state index contributed by atoms with van der Waals surface area (Å²) in [5.41, 5.74) is 0.909. The van der Waals surface area contributed by atoms with Crippen LogP contribution in [0, 0.1) is 6.92 Å². The molecular formula is C11H8BrN3. The summed E-state index contributed by atoms with van der Waals surface area (Å²) in [6, 6.07) is 8.25. The summed E-state index contributed by atoms with van der Waals surface area (Å²) in [6.45, 7) is 1.95. The van der Waals surface area contributed by atoms with Gasteiger partial charge >= 0.3 is 0 Å². The highest BCUT2D eigenvalue weighted by atomic mass is 79.9. The van der Waals surface area contributed by atoms with E-state index >= 15 is 0 Å². The minimum absolute atomic E-state index is 0.909. The van der Waals surface area contributed by atoms with Gasteiger partial charge in [0.2, 0.25) is 0 Å². The minimum atomic E-state index is 0.909. The van der Waals surface area contributed by atoms with Crippen molar-refractivity contribution in [3.8, 4) is 0 Å². The number of rotatable bonds is 0. The Balaban J connectivity index is 2.57. The second-order valence-corrected chi connectivity index (χ2v) is 4.40. The number of aromatic nitrogens is 3. The standard InChI is InChI=1S/C11H8BrN3/c1-7-13-14-11-10-6-9(12)3-2-8(10)4-5-15(7)11/h2-6H,1H3. The van der Waals surface area contributed by atoms with Crippen LogP contribution in [-0.4, -0.2) is 14.6 Å². The molecule has 3 rings (SSSR count). The summed E-state index contributed by atoms with van der Waals surface area (Å²) in [5.74, 6) is 0.909. The molecule has 0 saturated carbocycles. The van der Waals surface area contributed by atoms with Crippen molar-refractivity contribution in [2.24, 2.45) is 0 Å². The van der Waals surface area contributed by atoms with Crippen molar-refractivity contribution in [1.29, 1.82) is 0 Å². The maximum atomic E-state index is 4.18. The van der Waals surface area contributed by atoms with Crippen LogP contribution in [-0.2, 0) is 0 Å². The van der Waals surface area contributed by atoms with Gasteiger partial charge in [0.1, 0.15) is 5.82 Å². The summed E-state index contributed by atoms with van der Waals surface area (Å²) in [6.07, 6.45) is 2.00. The molecule has 0 saturated heterocycles. The molecule has 0 bridgehead atoms. The van der Waals surface area contributed by atoms with Crippen molar-refractivity contribution in [2.75, 3.05) is 0 Å². The molecule has 0 aliphatic carbocycles. The number of nitrogens with zero attached hydrogens (tertiary/aromatic N) is 3. The molecule has 0 amide bonds. The largest absolute Gasteiger partial charge is 0.286 e. The lowest BCUT2D eigenvalue weighted by Crippen LogP contribution is -1.88. The van der Waals surface area contributed by atoms with Crippen LogP contribution in [0.5, 0.6) is 0 Å². The van der Waals surface area contributed by atoms with Crippen molar-refractivity contribution in [3.05, 3.63) is 40.8 Å². The average Bonchev–Trinajstić information content (AvgIpc) is 2.61. The molecule has 0 aliphatic heterocycles. The van der Waals surface area contributed by atoms with Gasteiger partial charge in [-0.3, -0.25) is 4.40 Å². The first-order valence-corrected chi connectivity index (χ1v) is 5.44. The lowest BCUT2D eigenvalue weighted by molar-refractivity contribution is 1.01. The van der Waals surface area contributed by atoms with E-state index in [4.69, 9.17) is 0 Å². The number of pyridine rings is 1. The fourth-order valence-electron chi connectivity index (χ4n) is 1.75. The molecule has 1 aromatic carbocycles. The molecule has 0 aliphatic rings. The van der Waals surface area contributed by atoms with E-state index in [0.29, 0.717) is 0 Å². The maximum Gasteiger partial charge on any atom is 0.168 e. The zero-order chi connectivity index (χ0) is 10.4. The molecule has 0 N–H and O–H groups in total. The number of hydrogen-bond acceptors (Lipinski definition) is 2. The molecule has 2 aromatic heterocycles. The average molecular weight is 262 g/mol. The molecule has 3 nitrogen and oxygen atoms in total. The van der Waals surface area contributed by atoms with Gasteiger partial charge in [0.15, 0.2) is 5.65 Å². The molecule has 74 valence electrons. The van der Waals surface area contributed by atoms with Crippen molar-refractivity contribution < 1.29 is 0 Å². The first-order chi connectivity index (χ1) is 7.25. The lowest BCUT2D eigenvalue weighted by Gasteiger charge is -2.00. The second kappa shape index (κ2) is 3.03. The molecule has 3 aromatic rings. The topological polar surface area (TPSA) is 30.2 Å². The quantitative estimate of drug-likeness (QED) is 0.623. The fraction of sp³-hybridized carbons (Fsp3) is 0.0909. The molecule has 0 atom stereocenters. The molecule has 0 fully saturated rings. The SMILES string of the molecule is Cc1nnc2c3cc(Br)ccc3ccn12. The zero-order valence-corrected chi connectivity index (χ0v) is 9.69. The Kier molecular flexibility index (Phi) is 1.79. The first-order valence-electron chi connectivity index (χ1n) is 4.65. The molecular weight excluding hydrogens is 254 g/mol. The van der Waals surface area contributed by atoms with E-state index in [1.807, 2.05) is 23.6 Å². The second-order valence-electron chi connectivity index (χ2n) is 3.49. The van der Waals surface area contributed by atoms with Crippen molar-refractivity contribution in [2.45, 2.75) is 6.92 Å². The minimum Gasteiger partial charge on any atom is -0.286 e. The van der Waals surface area contributed by atoms with Gasteiger partial charge in [0.05, 0.1) is 0 Å². The van der Waals surface area contributed by atoms with Gasteiger partial charge in [-0.2, -0.15) is 0 Å².